The highest BCUT2D eigenvalue weighted by Crippen LogP contribution is 2.17. The first-order valence-corrected chi connectivity index (χ1v) is 6.00. The summed E-state index contributed by atoms with van der Waals surface area (Å²) in [6.45, 7) is 6.17. The van der Waals surface area contributed by atoms with Crippen molar-refractivity contribution in [3.8, 4) is 6.07 Å². The van der Waals surface area contributed by atoms with E-state index >= 15 is 0 Å². The molecule has 1 atom stereocenters. The minimum Gasteiger partial charge on any atom is -0.298 e. The van der Waals surface area contributed by atoms with Crippen LogP contribution in [0.25, 0.3) is 0 Å². The summed E-state index contributed by atoms with van der Waals surface area (Å²) in [5.41, 5.74) is 0.961. The van der Waals surface area contributed by atoms with Gasteiger partial charge in [-0.3, -0.25) is 4.90 Å². The molecule has 1 aromatic rings. The van der Waals surface area contributed by atoms with Gasteiger partial charge in [-0.15, -0.1) is 0 Å². The van der Waals surface area contributed by atoms with Gasteiger partial charge in [-0.2, -0.15) is 5.26 Å². The molecule has 0 radical (unpaired) electrons. The van der Waals surface area contributed by atoms with E-state index in [0.29, 0.717) is 13.1 Å². The molecule has 0 aliphatic heterocycles. The lowest BCUT2D eigenvalue weighted by Gasteiger charge is -2.21. The zero-order chi connectivity index (χ0) is 12.8. The number of halogens is 2. The fourth-order valence-corrected chi connectivity index (χ4v) is 1.83. The van der Waals surface area contributed by atoms with Gasteiger partial charge in [0.2, 0.25) is 0 Å². The lowest BCUT2D eigenvalue weighted by Crippen LogP contribution is -2.27. The third-order valence-corrected chi connectivity index (χ3v) is 2.88. The highest BCUT2D eigenvalue weighted by Gasteiger charge is 2.09. The van der Waals surface area contributed by atoms with E-state index in [-0.39, 0.29) is 10.9 Å². The second-order valence-corrected chi connectivity index (χ2v) is 4.51. The molecule has 4 heteroatoms. The molecule has 0 aliphatic rings. The fraction of sp³-hybridized carbons (Fsp3) is 0.462. The molecular formula is C13H16ClFN2. The van der Waals surface area contributed by atoms with Gasteiger partial charge in [0.25, 0.3) is 0 Å². The molecule has 0 fully saturated rings. The minimum absolute atomic E-state index is 0.00845. The first-order chi connectivity index (χ1) is 8.06. The first kappa shape index (κ1) is 14.0. The Labute approximate surface area is 107 Å². The second-order valence-electron chi connectivity index (χ2n) is 4.11. The quantitative estimate of drug-likeness (QED) is 0.805. The molecule has 0 aliphatic carbocycles. The predicted molar refractivity (Wildman–Crippen MR) is 67.1 cm³/mol. The lowest BCUT2D eigenvalue weighted by atomic mass is 10.1. The molecule has 0 bridgehead atoms. The van der Waals surface area contributed by atoms with Crippen LogP contribution in [0.15, 0.2) is 18.2 Å². The Balaban J connectivity index is 2.67. The third kappa shape index (κ3) is 4.33. The molecule has 0 spiro atoms. The summed E-state index contributed by atoms with van der Waals surface area (Å²) in [4.78, 5) is 2.14. The lowest BCUT2D eigenvalue weighted by molar-refractivity contribution is 0.260. The van der Waals surface area contributed by atoms with Crippen LogP contribution in [-0.2, 0) is 6.54 Å². The predicted octanol–water partition coefficient (Wildman–Crippen LogP) is 3.46. The van der Waals surface area contributed by atoms with Crippen molar-refractivity contribution < 1.29 is 4.39 Å². The van der Waals surface area contributed by atoms with E-state index in [9.17, 15) is 4.39 Å². The molecule has 1 unspecified atom stereocenters. The summed E-state index contributed by atoms with van der Waals surface area (Å²) in [5.74, 6) is -0.408. The first-order valence-electron chi connectivity index (χ1n) is 5.62. The topological polar surface area (TPSA) is 27.0 Å². The smallest absolute Gasteiger partial charge is 0.141 e. The minimum atomic E-state index is -0.399. The molecule has 0 saturated heterocycles. The molecule has 0 aromatic heterocycles. The van der Waals surface area contributed by atoms with Gasteiger partial charge in [0.05, 0.1) is 17.0 Å². The van der Waals surface area contributed by atoms with Gasteiger partial charge < -0.3 is 0 Å². The van der Waals surface area contributed by atoms with Crippen molar-refractivity contribution in [2.24, 2.45) is 5.92 Å². The van der Waals surface area contributed by atoms with Crippen LogP contribution >= 0.6 is 11.6 Å². The van der Waals surface area contributed by atoms with Crippen molar-refractivity contribution in [1.29, 1.82) is 5.26 Å². The highest BCUT2D eigenvalue weighted by molar-refractivity contribution is 6.30. The number of nitriles is 1. The zero-order valence-electron chi connectivity index (χ0n) is 10.1. The molecule has 0 amide bonds. The maximum Gasteiger partial charge on any atom is 0.141 e. The van der Waals surface area contributed by atoms with Crippen LogP contribution in [0.4, 0.5) is 4.39 Å². The molecule has 0 N–H and O–H groups in total. The zero-order valence-corrected chi connectivity index (χ0v) is 10.8. The van der Waals surface area contributed by atoms with E-state index < -0.39 is 5.82 Å². The molecular weight excluding hydrogens is 239 g/mol. The summed E-state index contributed by atoms with van der Waals surface area (Å²) in [7, 11) is 0. The van der Waals surface area contributed by atoms with Gasteiger partial charge in [0.15, 0.2) is 0 Å². The van der Waals surface area contributed by atoms with Crippen molar-refractivity contribution in [2.45, 2.75) is 20.4 Å². The number of rotatable bonds is 5. The van der Waals surface area contributed by atoms with Crippen LogP contribution in [0.1, 0.15) is 19.4 Å². The van der Waals surface area contributed by atoms with Crippen LogP contribution in [0, 0.1) is 23.1 Å². The Morgan fingerprint density at radius 2 is 2.24 bits per heavy atom. The standard InChI is InChI=1S/C13H16ClFN2/c1-3-17(8-10(2)7-16)9-11-4-5-13(15)12(14)6-11/h4-6,10H,3,8-9H2,1-2H3. The molecule has 92 valence electrons. The van der Waals surface area contributed by atoms with Crippen molar-refractivity contribution in [3.63, 3.8) is 0 Å². The summed E-state index contributed by atoms with van der Waals surface area (Å²) >= 11 is 5.73. The maximum absolute atomic E-state index is 13.0. The average Bonchev–Trinajstić information content (AvgIpc) is 2.32. The Morgan fingerprint density at radius 3 is 2.76 bits per heavy atom. The van der Waals surface area contributed by atoms with E-state index in [0.717, 1.165) is 12.1 Å². The Morgan fingerprint density at radius 1 is 1.53 bits per heavy atom. The van der Waals surface area contributed by atoms with Crippen molar-refractivity contribution in [1.82, 2.24) is 4.90 Å². The molecule has 2 nitrogen and oxygen atoms in total. The van der Waals surface area contributed by atoms with E-state index in [1.54, 1.807) is 12.1 Å². The van der Waals surface area contributed by atoms with Crippen LogP contribution in [0.2, 0.25) is 5.02 Å². The number of hydrogen-bond donors (Lipinski definition) is 0. The van der Waals surface area contributed by atoms with Crippen molar-refractivity contribution in [2.75, 3.05) is 13.1 Å². The van der Waals surface area contributed by atoms with Crippen molar-refractivity contribution in [3.05, 3.63) is 34.6 Å². The Hall–Kier alpha value is -1.11. The van der Waals surface area contributed by atoms with Gasteiger partial charge in [0, 0.05) is 13.1 Å². The maximum atomic E-state index is 13.0. The van der Waals surface area contributed by atoms with Crippen LogP contribution in [-0.4, -0.2) is 18.0 Å². The van der Waals surface area contributed by atoms with Crippen LogP contribution in [0.3, 0.4) is 0 Å². The monoisotopic (exact) mass is 254 g/mol. The van der Waals surface area contributed by atoms with E-state index in [2.05, 4.69) is 11.0 Å². The fourth-order valence-electron chi connectivity index (χ4n) is 1.63. The number of hydrogen-bond acceptors (Lipinski definition) is 2. The molecule has 0 saturated carbocycles. The summed E-state index contributed by atoms with van der Waals surface area (Å²) in [5, 5.41) is 8.92. The van der Waals surface area contributed by atoms with E-state index in [4.69, 9.17) is 16.9 Å². The molecule has 0 heterocycles. The third-order valence-electron chi connectivity index (χ3n) is 2.59. The number of benzene rings is 1. The summed E-state index contributed by atoms with van der Waals surface area (Å²) < 4.78 is 13.0. The van der Waals surface area contributed by atoms with Crippen LogP contribution < -0.4 is 0 Å². The highest BCUT2D eigenvalue weighted by atomic mass is 35.5. The van der Waals surface area contributed by atoms with Gasteiger partial charge in [-0.05, 0) is 31.2 Å². The largest absolute Gasteiger partial charge is 0.298 e. The van der Waals surface area contributed by atoms with Gasteiger partial charge in [0.1, 0.15) is 5.82 Å². The van der Waals surface area contributed by atoms with Gasteiger partial charge in [-0.25, -0.2) is 4.39 Å². The molecule has 1 rings (SSSR count). The van der Waals surface area contributed by atoms with E-state index in [1.165, 1.54) is 6.07 Å². The second kappa shape index (κ2) is 6.58. The number of nitrogens with zero attached hydrogens (tertiary/aromatic N) is 2. The van der Waals surface area contributed by atoms with Gasteiger partial charge in [-0.1, -0.05) is 24.6 Å². The summed E-state index contributed by atoms with van der Waals surface area (Å²) in [6.07, 6.45) is 0. The Kier molecular flexibility index (Phi) is 5.40. The van der Waals surface area contributed by atoms with Gasteiger partial charge >= 0.3 is 0 Å². The molecule has 1 aromatic carbocycles. The Bertz CT molecular complexity index is 414. The summed E-state index contributed by atoms with van der Waals surface area (Å²) in [6, 6.07) is 6.94. The SMILES string of the molecule is CCN(Cc1ccc(F)c(Cl)c1)CC(C)C#N. The van der Waals surface area contributed by atoms with Crippen molar-refractivity contribution >= 4 is 11.6 Å². The average molecular weight is 255 g/mol. The van der Waals surface area contributed by atoms with Crippen LogP contribution in [0.5, 0.6) is 0 Å². The normalized spacial score (nSPS) is 12.5. The van der Waals surface area contributed by atoms with E-state index in [1.807, 2.05) is 13.8 Å². The molecule has 17 heavy (non-hydrogen) atoms.